The molecule has 1 saturated heterocycles. The van der Waals surface area contributed by atoms with E-state index in [0.717, 1.165) is 50.3 Å². The molecule has 0 spiro atoms. The van der Waals surface area contributed by atoms with Gasteiger partial charge in [0.2, 0.25) is 0 Å². The van der Waals surface area contributed by atoms with E-state index in [-0.39, 0.29) is 6.03 Å². The van der Waals surface area contributed by atoms with Crippen LogP contribution < -0.4 is 10.6 Å². The number of nitrogens with zero attached hydrogens (tertiary/aromatic N) is 1. The van der Waals surface area contributed by atoms with Crippen LogP contribution in [0, 0.1) is 0 Å². The fourth-order valence-corrected chi connectivity index (χ4v) is 3.69. The maximum Gasteiger partial charge on any atom is 0.315 e. The molecular weight excluding hydrogens is 310 g/mol. The van der Waals surface area contributed by atoms with Crippen molar-refractivity contribution in [3.63, 3.8) is 0 Å². The summed E-state index contributed by atoms with van der Waals surface area (Å²) < 4.78 is 0. The van der Waals surface area contributed by atoms with Crippen molar-refractivity contribution >= 4 is 17.6 Å². The number of hydrogen-bond acceptors (Lipinski definition) is 2. The summed E-state index contributed by atoms with van der Waals surface area (Å²) in [7, 11) is 0. The van der Waals surface area contributed by atoms with E-state index < -0.39 is 0 Å². The number of benzene rings is 1. The molecule has 5 heteroatoms. The van der Waals surface area contributed by atoms with Gasteiger partial charge in [0, 0.05) is 36.7 Å². The molecule has 0 radical (unpaired) electrons. The summed E-state index contributed by atoms with van der Waals surface area (Å²) in [5.74, 6) is 0. The van der Waals surface area contributed by atoms with Crippen LogP contribution in [0.3, 0.4) is 0 Å². The van der Waals surface area contributed by atoms with Crippen LogP contribution in [0.5, 0.6) is 0 Å². The molecule has 1 aliphatic carbocycles. The second-order valence-corrected chi connectivity index (χ2v) is 7.21. The second kappa shape index (κ2) is 8.02. The van der Waals surface area contributed by atoms with Crippen LogP contribution in [-0.4, -0.2) is 36.1 Å². The number of urea groups is 1. The molecule has 0 atom stereocenters. The van der Waals surface area contributed by atoms with E-state index in [9.17, 15) is 4.79 Å². The third-order valence-corrected chi connectivity index (χ3v) is 5.18. The van der Waals surface area contributed by atoms with Gasteiger partial charge in [-0.25, -0.2) is 4.79 Å². The van der Waals surface area contributed by atoms with E-state index in [1.165, 1.54) is 18.4 Å². The van der Waals surface area contributed by atoms with Crippen molar-refractivity contribution in [2.24, 2.45) is 0 Å². The Kier molecular flexibility index (Phi) is 5.79. The molecule has 2 N–H and O–H groups in total. The lowest BCUT2D eigenvalue weighted by Gasteiger charge is -2.32. The van der Waals surface area contributed by atoms with E-state index in [2.05, 4.69) is 27.7 Å². The van der Waals surface area contributed by atoms with Gasteiger partial charge in [0.25, 0.3) is 0 Å². The molecule has 3 rings (SSSR count). The summed E-state index contributed by atoms with van der Waals surface area (Å²) in [6.07, 6.45) is 6.79. The number of likely N-dealkylation sites (tertiary alicyclic amines) is 1. The summed E-state index contributed by atoms with van der Waals surface area (Å²) in [6, 6.07) is 8.77. The maximum absolute atomic E-state index is 12.0. The molecular formula is C18H26ClN3O. The van der Waals surface area contributed by atoms with Crippen LogP contribution in [0.25, 0.3) is 0 Å². The van der Waals surface area contributed by atoms with Gasteiger partial charge in [0.05, 0.1) is 0 Å². The van der Waals surface area contributed by atoms with Crippen LogP contribution in [0.2, 0.25) is 5.02 Å². The molecule has 0 aromatic heterocycles. The van der Waals surface area contributed by atoms with E-state index >= 15 is 0 Å². The number of amides is 2. The summed E-state index contributed by atoms with van der Waals surface area (Å²) >= 11 is 5.92. The average Bonchev–Trinajstić information content (AvgIpc) is 3.04. The Balaban J connectivity index is 1.37. The first-order valence-electron chi connectivity index (χ1n) is 8.73. The van der Waals surface area contributed by atoms with Crippen molar-refractivity contribution < 1.29 is 4.79 Å². The largest absolute Gasteiger partial charge is 0.335 e. The molecule has 1 heterocycles. The Morgan fingerprint density at radius 3 is 2.17 bits per heavy atom. The predicted molar refractivity (Wildman–Crippen MR) is 93.7 cm³/mol. The standard InChI is InChI=1S/C18H26ClN3O/c19-15-7-5-14(6-8-15)13-22-11-9-17(10-12-22)21-18(23)20-16-3-1-2-4-16/h5-8,16-17H,1-4,9-13H2,(H2,20,21,23). The van der Waals surface area contributed by atoms with Gasteiger partial charge in [-0.15, -0.1) is 0 Å². The lowest BCUT2D eigenvalue weighted by molar-refractivity contribution is 0.185. The van der Waals surface area contributed by atoms with Crippen molar-refractivity contribution in [3.8, 4) is 0 Å². The molecule has 1 saturated carbocycles. The van der Waals surface area contributed by atoms with Gasteiger partial charge in [-0.05, 0) is 43.4 Å². The Hall–Kier alpha value is -1.26. The average molecular weight is 336 g/mol. The van der Waals surface area contributed by atoms with Crippen molar-refractivity contribution in [1.82, 2.24) is 15.5 Å². The second-order valence-electron chi connectivity index (χ2n) is 6.78. The van der Waals surface area contributed by atoms with Gasteiger partial charge in [-0.1, -0.05) is 36.6 Å². The van der Waals surface area contributed by atoms with Gasteiger partial charge in [-0.3, -0.25) is 4.90 Å². The summed E-state index contributed by atoms with van der Waals surface area (Å²) in [5.41, 5.74) is 1.29. The molecule has 2 fully saturated rings. The number of nitrogens with one attached hydrogen (secondary N) is 2. The van der Waals surface area contributed by atoms with Gasteiger partial charge >= 0.3 is 6.03 Å². The number of rotatable bonds is 4. The molecule has 4 nitrogen and oxygen atoms in total. The molecule has 1 aromatic rings. The van der Waals surface area contributed by atoms with Crippen LogP contribution in [-0.2, 0) is 6.54 Å². The molecule has 23 heavy (non-hydrogen) atoms. The van der Waals surface area contributed by atoms with Gasteiger partial charge in [0.1, 0.15) is 0 Å². The molecule has 2 amide bonds. The molecule has 0 bridgehead atoms. The first-order valence-corrected chi connectivity index (χ1v) is 9.11. The normalized spacial score (nSPS) is 20.6. The zero-order chi connectivity index (χ0) is 16.1. The number of carbonyl (C=O) groups is 1. The van der Waals surface area contributed by atoms with Crippen molar-refractivity contribution in [2.45, 2.75) is 57.2 Å². The predicted octanol–water partition coefficient (Wildman–Crippen LogP) is 3.55. The third-order valence-electron chi connectivity index (χ3n) is 4.93. The highest BCUT2D eigenvalue weighted by atomic mass is 35.5. The SMILES string of the molecule is O=C(NC1CCCC1)NC1CCN(Cc2ccc(Cl)cc2)CC1. The minimum absolute atomic E-state index is 0.0213. The highest BCUT2D eigenvalue weighted by Gasteiger charge is 2.22. The number of hydrogen-bond donors (Lipinski definition) is 2. The fraction of sp³-hybridized carbons (Fsp3) is 0.611. The third kappa shape index (κ3) is 5.11. The van der Waals surface area contributed by atoms with Gasteiger partial charge in [0.15, 0.2) is 0 Å². The zero-order valence-electron chi connectivity index (χ0n) is 13.6. The Labute approximate surface area is 143 Å². The van der Waals surface area contributed by atoms with Gasteiger partial charge < -0.3 is 10.6 Å². The van der Waals surface area contributed by atoms with E-state index in [0.29, 0.717) is 12.1 Å². The van der Waals surface area contributed by atoms with Crippen molar-refractivity contribution in [3.05, 3.63) is 34.9 Å². The highest BCUT2D eigenvalue weighted by molar-refractivity contribution is 6.30. The number of piperidine rings is 1. The van der Waals surface area contributed by atoms with E-state index in [1.807, 2.05) is 12.1 Å². The monoisotopic (exact) mass is 335 g/mol. The Morgan fingerprint density at radius 2 is 1.57 bits per heavy atom. The molecule has 1 aromatic carbocycles. The molecule has 0 unspecified atom stereocenters. The Bertz CT molecular complexity index is 506. The van der Waals surface area contributed by atoms with Gasteiger partial charge in [-0.2, -0.15) is 0 Å². The lowest BCUT2D eigenvalue weighted by Crippen LogP contribution is -2.49. The Morgan fingerprint density at radius 1 is 1.00 bits per heavy atom. The van der Waals surface area contributed by atoms with Crippen molar-refractivity contribution in [2.75, 3.05) is 13.1 Å². The number of halogens is 1. The fourth-order valence-electron chi connectivity index (χ4n) is 3.57. The first-order chi connectivity index (χ1) is 11.2. The van der Waals surface area contributed by atoms with E-state index in [4.69, 9.17) is 11.6 Å². The zero-order valence-corrected chi connectivity index (χ0v) is 14.3. The highest BCUT2D eigenvalue weighted by Crippen LogP contribution is 2.18. The first kappa shape index (κ1) is 16.6. The minimum Gasteiger partial charge on any atom is -0.335 e. The summed E-state index contributed by atoms with van der Waals surface area (Å²) in [5, 5.41) is 7.03. The van der Waals surface area contributed by atoms with Crippen LogP contribution in [0.4, 0.5) is 4.79 Å². The maximum atomic E-state index is 12.0. The lowest BCUT2D eigenvalue weighted by atomic mass is 10.0. The minimum atomic E-state index is 0.0213. The molecule has 126 valence electrons. The topological polar surface area (TPSA) is 44.4 Å². The van der Waals surface area contributed by atoms with Crippen LogP contribution in [0.1, 0.15) is 44.1 Å². The van der Waals surface area contributed by atoms with E-state index in [1.54, 1.807) is 0 Å². The van der Waals surface area contributed by atoms with Crippen LogP contribution in [0.15, 0.2) is 24.3 Å². The molecule has 2 aliphatic rings. The molecule has 1 aliphatic heterocycles. The quantitative estimate of drug-likeness (QED) is 0.883. The number of carbonyl (C=O) groups excluding carboxylic acids is 1. The summed E-state index contributed by atoms with van der Waals surface area (Å²) in [4.78, 5) is 14.5. The smallest absolute Gasteiger partial charge is 0.315 e. The van der Waals surface area contributed by atoms with Crippen LogP contribution >= 0.6 is 11.6 Å². The van der Waals surface area contributed by atoms with Crippen molar-refractivity contribution in [1.29, 1.82) is 0 Å². The summed E-state index contributed by atoms with van der Waals surface area (Å²) in [6.45, 7) is 3.01.